The number of aryl methyl sites for hydroxylation is 1. The number of likely N-dealkylation sites (tertiary alicyclic amines) is 1. The van der Waals surface area contributed by atoms with Crippen LogP contribution in [-0.4, -0.2) is 47.2 Å². The third kappa shape index (κ3) is 2.50. The number of aliphatic hydroxyl groups excluding tert-OH is 1. The van der Waals surface area contributed by atoms with E-state index in [2.05, 4.69) is 4.98 Å². The first kappa shape index (κ1) is 13.6. The van der Waals surface area contributed by atoms with Gasteiger partial charge in [0.05, 0.1) is 13.2 Å². The highest BCUT2D eigenvalue weighted by molar-refractivity contribution is 5.94. The van der Waals surface area contributed by atoms with Crippen molar-refractivity contribution >= 4 is 5.91 Å². The second-order valence-electron chi connectivity index (χ2n) is 5.02. The SMILES string of the molecule is COc1ccc(-c2nc(C(=O)N3CC(O)C3)c(C)o2)cc1. The number of carbonyl (C=O) groups excluding carboxylic acids is 1. The van der Waals surface area contributed by atoms with Crippen LogP contribution in [0, 0.1) is 6.92 Å². The first-order valence-electron chi connectivity index (χ1n) is 6.67. The van der Waals surface area contributed by atoms with Gasteiger partial charge in [-0.15, -0.1) is 0 Å². The fourth-order valence-electron chi connectivity index (χ4n) is 2.22. The summed E-state index contributed by atoms with van der Waals surface area (Å²) in [4.78, 5) is 18.0. The predicted octanol–water partition coefficient (Wildman–Crippen LogP) is 1.48. The van der Waals surface area contributed by atoms with Crippen LogP contribution in [0.3, 0.4) is 0 Å². The number of hydrogen-bond donors (Lipinski definition) is 1. The Morgan fingerprint density at radius 2 is 2.05 bits per heavy atom. The second kappa shape index (κ2) is 5.21. The van der Waals surface area contributed by atoms with Gasteiger partial charge in [0.25, 0.3) is 5.91 Å². The molecule has 0 atom stereocenters. The van der Waals surface area contributed by atoms with Gasteiger partial charge in [0.15, 0.2) is 5.69 Å². The number of methoxy groups -OCH3 is 1. The molecule has 6 nitrogen and oxygen atoms in total. The molecule has 1 amide bonds. The summed E-state index contributed by atoms with van der Waals surface area (Å²) >= 11 is 0. The highest BCUT2D eigenvalue weighted by Gasteiger charge is 2.32. The Bertz CT molecular complexity index is 657. The summed E-state index contributed by atoms with van der Waals surface area (Å²) in [6, 6.07) is 7.27. The Balaban J connectivity index is 1.84. The lowest BCUT2D eigenvalue weighted by Gasteiger charge is -2.35. The number of rotatable bonds is 3. The molecule has 2 heterocycles. The lowest BCUT2D eigenvalue weighted by Crippen LogP contribution is -2.53. The van der Waals surface area contributed by atoms with E-state index in [9.17, 15) is 9.90 Å². The van der Waals surface area contributed by atoms with Crippen LogP contribution in [0.25, 0.3) is 11.5 Å². The van der Waals surface area contributed by atoms with Gasteiger partial charge in [-0.25, -0.2) is 4.98 Å². The molecule has 1 aliphatic rings. The van der Waals surface area contributed by atoms with Crippen molar-refractivity contribution in [3.05, 3.63) is 35.7 Å². The largest absolute Gasteiger partial charge is 0.497 e. The number of aromatic nitrogens is 1. The van der Waals surface area contributed by atoms with Crippen LogP contribution >= 0.6 is 0 Å². The van der Waals surface area contributed by atoms with Crippen LogP contribution in [0.2, 0.25) is 0 Å². The van der Waals surface area contributed by atoms with Crippen LogP contribution in [-0.2, 0) is 0 Å². The molecule has 6 heteroatoms. The molecule has 1 aromatic carbocycles. The first-order chi connectivity index (χ1) is 10.1. The third-order valence-electron chi connectivity index (χ3n) is 3.49. The second-order valence-corrected chi connectivity index (χ2v) is 5.02. The highest BCUT2D eigenvalue weighted by atomic mass is 16.5. The van der Waals surface area contributed by atoms with Gasteiger partial charge in [-0.2, -0.15) is 0 Å². The number of amides is 1. The molecule has 1 saturated heterocycles. The summed E-state index contributed by atoms with van der Waals surface area (Å²) in [6.45, 7) is 2.41. The standard InChI is InChI=1S/C15H16N2O4/c1-9-13(15(19)17-7-11(18)8-17)16-14(21-9)10-3-5-12(20-2)6-4-10/h3-6,11,18H,7-8H2,1-2H3. The molecular formula is C15H16N2O4. The molecule has 0 spiro atoms. The van der Waals surface area contributed by atoms with Crippen molar-refractivity contribution in [3.63, 3.8) is 0 Å². The van der Waals surface area contributed by atoms with Gasteiger partial charge in [-0.3, -0.25) is 4.79 Å². The van der Waals surface area contributed by atoms with Crippen LogP contribution in [0.4, 0.5) is 0 Å². The number of hydrogen-bond acceptors (Lipinski definition) is 5. The Kier molecular flexibility index (Phi) is 3.39. The smallest absolute Gasteiger partial charge is 0.276 e. The maximum Gasteiger partial charge on any atom is 0.276 e. The minimum absolute atomic E-state index is 0.207. The van der Waals surface area contributed by atoms with E-state index in [1.807, 2.05) is 24.3 Å². The molecule has 1 fully saturated rings. The first-order valence-corrected chi connectivity index (χ1v) is 6.67. The average molecular weight is 288 g/mol. The zero-order valence-electron chi connectivity index (χ0n) is 11.9. The fraction of sp³-hybridized carbons (Fsp3) is 0.333. The molecule has 2 aromatic rings. The lowest BCUT2D eigenvalue weighted by atomic mass is 10.1. The molecular weight excluding hydrogens is 272 g/mol. The normalized spacial score (nSPS) is 14.9. The molecule has 110 valence electrons. The summed E-state index contributed by atoms with van der Waals surface area (Å²) in [5.41, 5.74) is 1.08. The molecule has 1 aromatic heterocycles. The Hall–Kier alpha value is -2.34. The monoisotopic (exact) mass is 288 g/mol. The number of aliphatic hydroxyl groups is 1. The van der Waals surface area contributed by atoms with Gasteiger partial charge in [0.2, 0.25) is 5.89 Å². The summed E-state index contributed by atoms with van der Waals surface area (Å²) in [6.07, 6.45) is -0.429. The van der Waals surface area contributed by atoms with Crippen LogP contribution in [0.5, 0.6) is 5.75 Å². The minimum atomic E-state index is -0.429. The molecule has 0 bridgehead atoms. The maximum absolute atomic E-state index is 12.2. The van der Waals surface area contributed by atoms with Crippen LogP contribution in [0.15, 0.2) is 28.7 Å². The maximum atomic E-state index is 12.2. The molecule has 1 N–H and O–H groups in total. The molecule has 1 aliphatic heterocycles. The van der Waals surface area contributed by atoms with Gasteiger partial charge >= 0.3 is 0 Å². The Labute approximate surface area is 122 Å². The van der Waals surface area contributed by atoms with Crippen molar-refractivity contribution in [3.8, 4) is 17.2 Å². The highest BCUT2D eigenvalue weighted by Crippen LogP contribution is 2.25. The number of carbonyl (C=O) groups is 1. The van der Waals surface area contributed by atoms with Gasteiger partial charge in [0.1, 0.15) is 11.5 Å². The zero-order chi connectivity index (χ0) is 15.0. The van der Waals surface area contributed by atoms with E-state index in [0.717, 1.165) is 11.3 Å². The Morgan fingerprint density at radius 3 is 2.62 bits per heavy atom. The van der Waals surface area contributed by atoms with Crippen molar-refractivity contribution in [1.29, 1.82) is 0 Å². The van der Waals surface area contributed by atoms with E-state index >= 15 is 0 Å². The third-order valence-corrected chi connectivity index (χ3v) is 3.49. The zero-order valence-corrected chi connectivity index (χ0v) is 11.9. The number of β-amino-alcohol motifs (C(OH)–C–C–N with tert-alkyl or cyclic N) is 1. The number of nitrogens with zero attached hydrogens (tertiary/aromatic N) is 2. The van der Waals surface area contributed by atoms with Crippen molar-refractivity contribution < 1.29 is 19.1 Å². The summed E-state index contributed by atoms with van der Waals surface area (Å²) in [5.74, 6) is 1.42. The van der Waals surface area contributed by atoms with Gasteiger partial charge in [-0.05, 0) is 31.2 Å². The molecule has 0 radical (unpaired) electrons. The number of ether oxygens (including phenoxy) is 1. The fourth-order valence-corrected chi connectivity index (χ4v) is 2.22. The average Bonchev–Trinajstić information content (AvgIpc) is 2.85. The summed E-state index contributed by atoms with van der Waals surface area (Å²) in [5, 5.41) is 9.27. The van der Waals surface area contributed by atoms with E-state index in [1.54, 1.807) is 18.9 Å². The number of benzene rings is 1. The van der Waals surface area contributed by atoms with Crippen molar-refractivity contribution in [2.24, 2.45) is 0 Å². The molecule has 0 aliphatic carbocycles. The van der Waals surface area contributed by atoms with Crippen molar-refractivity contribution in [2.75, 3.05) is 20.2 Å². The van der Waals surface area contributed by atoms with Crippen LogP contribution in [0.1, 0.15) is 16.2 Å². The van der Waals surface area contributed by atoms with E-state index in [0.29, 0.717) is 30.4 Å². The molecule has 0 unspecified atom stereocenters. The van der Waals surface area contributed by atoms with E-state index in [-0.39, 0.29) is 5.91 Å². The van der Waals surface area contributed by atoms with Gasteiger partial charge in [-0.1, -0.05) is 0 Å². The quantitative estimate of drug-likeness (QED) is 0.925. The van der Waals surface area contributed by atoms with E-state index in [4.69, 9.17) is 9.15 Å². The number of oxazole rings is 1. The molecule has 0 saturated carbocycles. The van der Waals surface area contributed by atoms with E-state index < -0.39 is 6.10 Å². The molecule has 3 rings (SSSR count). The summed E-state index contributed by atoms with van der Waals surface area (Å²) < 4.78 is 10.7. The predicted molar refractivity (Wildman–Crippen MR) is 75.1 cm³/mol. The van der Waals surface area contributed by atoms with E-state index in [1.165, 1.54) is 0 Å². The lowest BCUT2D eigenvalue weighted by molar-refractivity contribution is 0.00543. The van der Waals surface area contributed by atoms with Crippen molar-refractivity contribution in [2.45, 2.75) is 13.0 Å². The van der Waals surface area contributed by atoms with Gasteiger partial charge < -0.3 is 19.2 Å². The van der Waals surface area contributed by atoms with Gasteiger partial charge in [0, 0.05) is 18.7 Å². The van der Waals surface area contributed by atoms with Crippen molar-refractivity contribution in [1.82, 2.24) is 9.88 Å². The Morgan fingerprint density at radius 1 is 1.38 bits per heavy atom. The topological polar surface area (TPSA) is 75.8 Å². The summed E-state index contributed by atoms with van der Waals surface area (Å²) in [7, 11) is 1.60. The minimum Gasteiger partial charge on any atom is -0.497 e. The molecule has 21 heavy (non-hydrogen) atoms. The van der Waals surface area contributed by atoms with Crippen LogP contribution < -0.4 is 4.74 Å².